The topological polar surface area (TPSA) is 27.7 Å². The van der Waals surface area contributed by atoms with Crippen LogP contribution in [0.1, 0.15) is 0 Å². The first-order valence-electron chi connectivity index (χ1n) is 3.08. The molecule has 0 aromatic heterocycles. The molecule has 0 rings (SSSR count). The van der Waals surface area contributed by atoms with Gasteiger partial charge in [-0.25, -0.2) is 0 Å². The minimum Gasteiger partial charge on any atom is -0.456 e. The normalized spacial score (nSPS) is 9.67. The predicted octanol–water partition coefficient (Wildman–Crippen LogP) is 2.12. The number of methoxy groups -OCH3 is 1. The lowest BCUT2D eigenvalue weighted by atomic mass is 10.8. The second kappa shape index (κ2) is 7.69. The van der Waals surface area contributed by atoms with Crippen LogP contribution in [0.2, 0.25) is 0 Å². The fourth-order valence-electron chi connectivity index (χ4n) is 0.349. The number of hydrogen-bond donors (Lipinski definition) is 0. The Hall–Kier alpha value is 0.0500. The number of hydrogen-bond acceptors (Lipinski definition) is 3. The van der Waals surface area contributed by atoms with Gasteiger partial charge in [-0.2, -0.15) is 8.78 Å². The van der Waals surface area contributed by atoms with Crippen molar-refractivity contribution in [1.29, 1.82) is 0 Å². The van der Waals surface area contributed by atoms with Gasteiger partial charge in [0, 0.05) is 29.7 Å². The van der Waals surface area contributed by atoms with Crippen LogP contribution in [0.15, 0.2) is 9.85 Å². The fraction of sp³-hybridized carbons (Fsp3) is 0.667. The van der Waals surface area contributed by atoms with Crippen LogP contribution in [-0.4, -0.2) is 27.1 Å². The van der Waals surface area contributed by atoms with Crippen LogP contribution in [0.5, 0.6) is 0 Å². The second-order valence-corrected chi connectivity index (χ2v) is 2.68. The van der Waals surface area contributed by atoms with Gasteiger partial charge < -0.3 is 14.2 Å². The average molecular weight is 294 g/mol. The van der Waals surface area contributed by atoms with Gasteiger partial charge in [0.05, 0.1) is 13.2 Å². The molecule has 0 bridgehead atoms. The number of rotatable bonds is 6. The van der Waals surface area contributed by atoms with E-state index in [2.05, 4.69) is 9.47 Å². The molecule has 0 saturated heterocycles. The van der Waals surface area contributed by atoms with Crippen molar-refractivity contribution in [3.05, 3.63) is 9.85 Å². The zero-order valence-corrected chi connectivity index (χ0v) is 8.64. The molecular weight excluding hydrogens is 285 g/mol. The fourth-order valence-corrected chi connectivity index (χ4v) is 0.476. The lowest BCUT2D eigenvalue weighted by molar-refractivity contribution is -0.0340. The lowest BCUT2D eigenvalue weighted by Crippen LogP contribution is -2.04. The Kier molecular flexibility index (Phi) is 7.72. The molecule has 0 aromatic rings. The van der Waals surface area contributed by atoms with E-state index in [4.69, 9.17) is 4.74 Å². The highest BCUT2D eigenvalue weighted by atomic mass is 127. The Balaban J connectivity index is 3.26. The lowest BCUT2D eigenvalue weighted by Gasteiger charge is -2.04. The van der Waals surface area contributed by atoms with Gasteiger partial charge in [0.2, 0.25) is 3.77 Å². The van der Waals surface area contributed by atoms with E-state index in [9.17, 15) is 8.78 Å². The molecule has 0 aliphatic rings. The smallest absolute Gasteiger partial charge is 0.318 e. The molecule has 0 aliphatic heterocycles. The third kappa shape index (κ3) is 6.74. The molecule has 0 heterocycles. The molecule has 0 saturated carbocycles. The van der Waals surface area contributed by atoms with Crippen molar-refractivity contribution in [1.82, 2.24) is 0 Å². The van der Waals surface area contributed by atoms with E-state index in [-0.39, 0.29) is 6.79 Å². The Labute approximate surface area is 82.8 Å². The highest BCUT2D eigenvalue weighted by Crippen LogP contribution is 2.15. The Morgan fingerprint density at radius 3 is 2.50 bits per heavy atom. The minimum absolute atomic E-state index is 0.182. The summed E-state index contributed by atoms with van der Waals surface area (Å²) >= 11 is 1.39. The first kappa shape index (κ1) is 12.0. The Bertz CT molecular complexity index is 148. The van der Waals surface area contributed by atoms with Crippen molar-refractivity contribution in [2.24, 2.45) is 0 Å². The first-order valence-corrected chi connectivity index (χ1v) is 4.16. The third-order valence-electron chi connectivity index (χ3n) is 0.849. The summed E-state index contributed by atoms with van der Waals surface area (Å²) in [5, 5.41) is 0. The van der Waals surface area contributed by atoms with E-state index >= 15 is 0 Å². The maximum atomic E-state index is 11.7. The summed E-state index contributed by atoms with van der Waals surface area (Å²) < 4.78 is 36.8. The first-order chi connectivity index (χ1) is 5.68. The molecule has 12 heavy (non-hydrogen) atoms. The van der Waals surface area contributed by atoms with Gasteiger partial charge in [-0.15, -0.1) is 0 Å². The van der Waals surface area contributed by atoms with Crippen LogP contribution in [-0.2, 0) is 14.2 Å². The average Bonchev–Trinajstić information content (AvgIpc) is 2.03. The minimum atomic E-state index is -1.84. The van der Waals surface area contributed by atoms with E-state index in [1.807, 2.05) is 0 Å². The number of halogens is 3. The van der Waals surface area contributed by atoms with Gasteiger partial charge in [0.1, 0.15) is 0 Å². The quantitative estimate of drug-likeness (QED) is 0.325. The van der Waals surface area contributed by atoms with E-state index in [0.717, 1.165) is 0 Å². The van der Waals surface area contributed by atoms with Crippen molar-refractivity contribution in [3.63, 3.8) is 0 Å². The van der Waals surface area contributed by atoms with Gasteiger partial charge in [-0.1, -0.05) is 0 Å². The molecule has 0 spiro atoms. The van der Waals surface area contributed by atoms with Crippen molar-refractivity contribution in [2.45, 2.75) is 0 Å². The molecule has 0 unspecified atom stereocenters. The molecule has 0 aliphatic carbocycles. The van der Waals surface area contributed by atoms with E-state index in [1.54, 1.807) is 0 Å². The molecule has 0 aromatic carbocycles. The summed E-state index contributed by atoms with van der Waals surface area (Å²) in [4.78, 5) is 0. The second-order valence-electron chi connectivity index (χ2n) is 1.70. The zero-order chi connectivity index (χ0) is 9.40. The molecule has 0 radical (unpaired) electrons. The summed E-state index contributed by atoms with van der Waals surface area (Å²) in [5.41, 5.74) is 0. The molecule has 3 nitrogen and oxygen atoms in total. The molecule has 0 N–H and O–H groups in total. The summed E-state index contributed by atoms with van der Waals surface area (Å²) in [6.07, 6.45) is -1.84. The van der Waals surface area contributed by atoms with Crippen LogP contribution in [0.4, 0.5) is 8.78 Å². The summed E-state index contributed by atoms with van der Waals surface area (Å²) in [7, 11) is 1.52. The van der Waals surface area contributed by atoms with Gasteiger partial charge >= 0.3 is 6.08 Å². The molecule has 0 amide bonds. The van der Waals surface area contributed by atoms with Crippen molar-refractivity contribution in [3.8, 4) is 0 Å². The molecule has 0 atom stereocenters. The van der Waals surface area contributed by atoms with Crippen molar-refractivity contribution in [2.75, 3.05) is 27.1 Å². The van der Waals surface area contributed by atoms with Crippen LogP contribution in [0.3, 0.4) is 0 Å². The largest absolute Gasteiger partial charge is 0.456 e. The molecule has 0 fully saturated rings. The molecule has 6 heteroatoms. The van der Waals surface area contributed by atoms with E-state index < -0.39 is 9.85 Å². The maximum Gasteiger partial charge on any atom is 0.318 e. The number of ether oxygens (including phenoxy) is 3. The Morgan fingerprint density at radius 2 is 2.00 bits per heavy atom. The highest BCUT2D eigenvalue weighted by Gasteiger charge is 2.01. The SMILES string of the molecule is COCCOCOC(I)=C(F)F. The van der Waals surface area contributed by atoms with Crippen molar-refractivity contribution >= 4 is 22.6 Å². The van der Waals surface area contributed by atoms with Gasteiger partial charge in [-0.05, 0) is 0 Å². The van der Waals surface area contributed by atoms with Crippen LogP contribution >= 0.6 is 22.6 Å². The Morgan fingerprint density at radius 1 is 1.33 bits per heavy atom. The summed E-state index contributed by atoms with van der Waals surface area (Å²) in [6.45, 7) is 0.565. The van der Waals surface area contributed by atoms with E-state index in [0.29, 0.717) is 13.2 Å². The zero-order valence-electron chi connectivity index (χ0n) is 6.48. The van der Waals surface area contributed by atoms with Crippen molar-refractivity contribution < 1.29 is 23.0 Å². The predicted molar refractivity (Wildman–Crippen MR) is 47.0 cm³/mol. The van der Waals surface area contributed by atoms with Gasteiger partial charge in [-0.3, -0.25) is 0 Å². The van der Waals surface area contributed by atoms with Gasteiger partial charge in [0.15, 0.2) is 6.79 Å². The molecule has 72 valence electrons. The van der Waals surface area contributed by atoms with E-state index in [1.165, 1.54) is 29.7 Å². The summed E-state index contributed by atoms with van der Waals surface area (Å²) in [5.74, 6) is 0. The highest BCUT2D eigenvalue weighted by molar-refractivity contribution is 14.1. The van der Waals surface area contributed by atoms with Gasteiger partial charge in [0.25, 0.3) is 0 Å². The summed E-state index contributed by atoms with van der Waals surface area (Å²) in [6, 6.07) is 0. The van der Waals surface area contributed by atoms with Crippen LogP contribution < -0.4 is 0 Å². The molecular formula is C6H9F2IO3. The third-order valence-corrected chi connectivity index (χ3v) is 1.57. The maximum absolute atomic E-state index is 11.7. The van der Waals surface area contributed by atoms with Crippen LogP contribution in [0, 0.1) is 0 Å². The standard InChI is InChI=1S/C6H9F2IO3/c1-10-2-3-11-4-12-6(9)5(7)8/h2-4H2,1H3. The monoisotopic (exact) mass is 294 g/mol. The van der Waals surface area contributed by atoms with Crippen LogP contribution in [0.25, 0.3) is 0 Å².